The van der Waals surface area contributed by atoms with Gasteiger partial charge in [0.1, 0.15) is 6.04 Å². The maximum atomic E-state index is 11.5. The highest BCUT2D eigenvalue weighted by Gasteiger charge is 2.25. The van der Waals surface area contributed by atoms with E-state index in [4.69, 9.17) is 4.74 Å². The van der Waals surface area contributed by atoms with Gasteiger partial charge in [0.2, 0.25) is 0 Å². The Kier molecular flexibility index (Phi) is 6.39. The van der Waals surface area contributed by atoms with Gasteiger partial charge < -0.3 is 9.84 Å². The number of benzene rings is 1. The van der Waals surface area contributed by atoms with Crippen LogP contribution in [0.4, 0.5) is 0 Å². The van der Waals surface area contributed by atoms with Crippen molar-refractivity contribution in [1.29, 1.82) is 0 Å². The molecule has 0 bridgehead atoms. The fourth-order valence-electron chi connectivity index (χ4n) is 1.94. The molecule has 1 rings (SSSR count). The molecule has 1 aromatic rings. The number of likely N-dealkylation sites (N-methyl/N-ethyl adjacent to an activating group) is 1. The lowest BCUT2D eigenvalue weighted by Crippen LogP contribution is -2.36. The van der Waals surface area contributed by atoms with Crippen molar-refractivity contribution in [3.63, 3.8) is 0 Å². The van der Waals surface area contributed by atoms with Crippen LogP contribution in [0.25, 0.3) is 0 Å². The van der Waals surface area contributed by atoms with Crippen LogP contribution in [0.2, 0.25) is 0 Å². The number of nitrogens with zero attached hydrogens (tertiary/aromatic N) is 1. The minimum absolute atomic E-state index is 0.557. The summed E-state index contributed by atoms with van der Waals surface area (Å²) in [5.74, 6) is -0.820. The summed E-state index contributed by atoms with van der Waals surface area (Å²) >= 11 is 0. The van der Waals surface area contributed by atoms with Crippen molar-refractivity contribution in [3.05, 3.63) is 35.9 Å². The Morgan fingerprint density at radius 1 is 1.33 bits per heavy atom. The summed E-state index contributed by atoms with van der Waals surface area (Å²) in [5.41, 5.74) is 0.809. The largest absolute Gasteiger partial charge is 0.480 e. The average Bonchev–Trinajstić information content (AvgIpc) is 2.38. The Hall–Kier alpha value is -1.39. The van der Waals surface area contributed by atoms with Crippen molar-refractivity contribution in [2.45, 2.75) is 19.9 Å². The maximum Gasteiger partial charge on any atom is 0.325 e. The Morgan fingerprint density at radius 2 is 2.00 bits per heavy atom. The molecule has 0 aliphatic carbocycles. The van der Waals surface area contributed by atoms with E-state index in [1.165, 1.54) is 0 Å². The second-order valence-corrected chi connectivity index (χ2v) is 3.98. The Bertz CT molecular complexity index is 353. The lowest BCUT2D eigenvalue weighted by Gasteiger charge is -2.27. The SMILES string of the molecule is CCOCCN(CC)C(C(=O)O)c1ccccc1. The van der Waals surface area contributed by atoms with E-state index >= 15 is 0 Å². The zero-order chi connectivity index (χ0) is 13.4. The first-order valence-corrected chi connectivity index (χ1v) is 6.30. The van der Waals surface area contributed by atoms with Crippen molar-refractivity contribution in [1.82, 2.24) is 4.90 Å². The Labute approximate surface area is 108 Å². The molecule has 0 amide bonds. The molecule has 0 fully saturated rings. The minimum Gasteiger partial charge on any atom is -0.480 e. The monoisotopic (exact) mass is 251 g/mol. The fraction of sp³-hybridized carbons (Fsp3) is 0.500. The lowest BCUT2D eigenvalue weighted by molar-refractivity contribution is -0.143. The molecule has 1 aromatic carbocycles. The molecule has 0 spiro atoms. The smallest absolute Gasteiger partial charge is 0.325 e. The number of aliphatic carboxylic acids is 1. The van der Waals surface area contributed by atoms with Gasteiger partial charge >= 0.3 is 5.97 Å². The average molecular weight is 251 g/mol. The third-order valence-corrected chi connectivity index (χ3v) is 2.85. The summed E-state index contributed by atoms with van der Waals surface area (Å²) < 4.78 is 5.30. The van der Waals surface area contributed by atoms with Crippen LogP contribution in [0.5, 0.6) is 0 Å². The molecule has 1 N–H and O–H groups in total. The van der Waals surface area contributed by atoms with E-state index in [1.807, 2.05) is 49.1 Å². The van der Waals surface area contributed by atoms with Crippen molar-refractivity contribution in [2.75, 3.05) is 26.3 Å². The molecule has 4 heteroatoms. The predicted octanol–water partition coefficient (Wildman–Crippen LogP) is 2.17. The molecule has 0 saturated heterocycles. The summed E-state index contributed by atoms with van der Waals surface area (Å²) in [6.07, 6.45) is 0. The van der Waals surface area contributed by atoms with Gasteiger partial charge in [0, 0.05) is 13.2 Å². The molecule has 0 aromatic heterocycles. The molecule has 18 heavy (non-hydrogen) atoms. The van der Waals surface area contributed by atoms with Gasteiger partial charge in [-0.05, 0) is 19.0 Å². The van der Waals surface area contributed by atoms with Crippen LogP contribution >= 0.6 is 0 Å². The fourth-order valence-corrected chi connectivity index (χ4v) is 1.94. The molecule has 0 aliphatic rings. The van der Waals surface area contributed by atoms with Crippen LogP contribution in [-0.2, 0) is 9.53 Å². The van der Waals surface area contributed by atoms with Crippen molar-refractivity contribution >= 4 is 5.97 Å². The Balaban J connectivity index is 2.79. The standard InChI is InChI=1S/C14H21NO3/c1-3-15(10-11-18-4-2)13(14(16)17)12-8-6-5-7-9-12/h5-9,13H,3-4,10-11H2,1-2H3,(H,16,17). The van der Waals surface area contributed by atoms with Gasteiger partial charge in [-0.1, -0.05) is 37.3 Å². The first kappa shape index (κ1) is 14.7. The number of carboxylic acids is 1. The molecule has 1 unspecified atom stereocenters. The molecule has 4 nitrogen and oxygen atoms in total. The van der Waals surface area contributed by atoms with Gasteiger partial charge in [0.25, 0.3) is 0 Å². The predicted molar refractivity (Wildman–Crippen MR) is 70.6 cm³/mol. The van der Waals surface area contributed by atoms with Crippen LogP contribution < -0.4 is 0 Å². The normalized spacial score (nSPS) is 12.6. The van der Waals surface area contributed by atoms with Crippen molar-refractivity contribution in [2.24, 2.45) is 0 Å². The molecule has 0 radical (unpaired) electrons. The summed E-state index contributed by atoms with van der Waals surface area (Å²) in [6.45, 7) is 6.41. The molecular weight excluding hydrogens is 230 g/mol. The van der Waals surface area contributed by atoms with Gasteiger partial charge in [-0.15, -0.1) is 0 Å². The molecule has 0 saturated carbocycles. The first-order valence-electron chi connectivity index (χ1n) is 6.30. The highest BCUT2D eigenvalue weighted by Crippen LogP contribution is 2.20. The molecule has 100 valence electrons. The quantitative estimate of drug-likeness (QED) is 0.719. The number of rotatable bonds is 8. The minimum atomic E-state index is -0.820. The maximum absolute atomic E-state index is 11.5. The number of ether oxygens (including phenoxy) is 1. The number of hydrogen-bond donors (Lipinski definition) is 1. The second-order valence-electron chi connectivity index (χ2n) is 3.98. The van der Waals surface area contributed by atoms with Crippen LogP contribution in [0.1, 0.15) is 25.5 Å². The van der Waals surface area contributed by atoms with E-state index in [0.29, 0.717) is 26.3 Å². The van der Waals surface area contributed by atoms with Crippen molar-refractivity contribution < 1.29 is 14.6 Å². The van der Waals surface area contributed by atoms with Gasteiger partial charge in [-0.3, -0.25) is 9.69 Å². The molecule has 0 heterocycles. The van der Waals surface area contributed by atoms with E-state index in [9.17, 15) is 9.90 Å². The number of hydrogen-bond acceptors (Lipinski definition) is 3. The second kappa shape index (κ2) is 7.84. The number of carboxylic acid groups (broad SMARTS) is 1. The third-order valence-electron chi connectivity index (χ3n) is 2.85. The van der Waals surface area contributed by atoms with Crippen molar-refractivity contribution in [3.8, 4) is 0 Å². The highest BCUT2D eigenvalue weighted by atomic mass is 16.5. The summed E-state index contributed by atoms with van der Waals surface area (Å²) in [7, 11) is 0. The van der Waals surface area contributed by atoms with Crippen LogP contribution in [0.15, 0.2) is 30.3 Å². The van der Waals surface area contributed by atoms with E-state index in [2.05, 4.69) is 0 Å². The zero-order valence-corrected chi connectivity index (χ0v) is 11.0. The molecule has 1 atom stereocenters. The van der Waals surface area contributed by atoms with Crippen LogP contribution in [0, 0.1) is 0 Å². The van der Waals surface area contributed by atoms with E-state index in [1.54, 1.807) is 0 Å². The van der Waals surface area contributed by atoms with E-state index < -0.39 is 12.0 Å². The summed E-state index contributed by atoms with van der Waals surface area (Å²) in [6, 6.07) is 8.71. The van der Waals surface area contributed by atoms with Gasteiger partial charge in [0.15, 0.2) is 0 Å². The topological polar surface area (TPSA) is 49.8 Å². The Morgan fingerprint density at radius 3 is 2.50 bits per heavy atom. The van der Waals surface area contributed by atoms with Gasteiger partial charge in [-0.25, -0.2) is 0 Å². The summed E-state index contributed by atoms with van der Waals surface area (Å²) in [5, 5.41) is 9.40. The van der Waals surface area contributed by atoms with E-state index in [-0.39, 0.29) is 0 Å². The van der Waals surface area contributed by atoms with Gasteiger partial charge in [0.05, 0.1) is 6.61 Å². The van der Waals surface area contributed by atoms with Gasteiger partial charge in [-0.2, -0.15) is 0 Å². The van der Waals surface area contributed by atoms with Crippen LogP contribution in [0.3, 0.4) is 0 Å². The van der Waals surface area contributed by atoms with Crippen LogP contribution in [-0.4, -0.2) is 42.3 Å². The molecule has 0 aliphatic heterocycles. The number of carbonyl (C=O) groups is 1. The molecular formula is C14H21NO3. The summed E-state index contributed by atoms with van der Waals surface area (Å²) in [4.78, 5) is 13.4. The highest BCUT2D eigenvalue weighted by molar-refractivity contribution is 5.75. The first-order chi connectivity index (χ1) is 8.70. The lowest BCUT2D eigenvalue weighted by atomic mass is 10.1. The zero-order valence-electron chi connectivity index (χ0n) is 11.0. The third kappa shape index (κ3) is 4.13. The van der Waals surface area contributed by atoms with E-state index in [0.717, 1.165) is 5.56 Å².